The van der Waals surface area contributed by atoms with Gasteiger partial charge in [0.15, 0.2) is 5.82 Å². The minimum Gasteiger partial charge on any atom is -0.167 e. The molecule has 1 aromatic heterocycles. The summed E-state index contributed by atoms with van der Waals surface area (Å²) in [5, 5.41) is 11.4. The van der Waals surface area contributed by atoms with E-state index in [1.54, 1.807) is 7.05 Å². The first-order valence-electron chi connectivity index (χ1n) is 2.99. The van der Waals surface area contributed by atoms with Crippen molar-refractivity contribution >= 4 is 0 Å². The SMILES string of the molecule is C#CCCc1nnn(C)n1. The van der Waals surface area contributed by atoms with E-state index in [1.165, 1.54) is 4.80 Å². The lowest BCUT2D eigenvalue weighted by Gasteiger charge is -1.82. The van der Waals surface area contributed by atoms with Gasteiger partial charge in [0, 0.05) is 12.8 Å². The van der Waals surface area contributed by atoms with E-state index >= 15 is 0 Å². The summed E-state index contributed by atoms with van der Waals surface area (Å²) in [6.07, 6.45) is 6.44. The van der Waals surface area contributed by atoms with Gasteiger partial charge in [0.2, 0.25) is 0 Å². The molecular weight excluding hydrogens is 128 g/mol. The predicted molar refractivity (Wildman–Crippen MR) is 36.0 cm³/mol. The van der Waals surface area contributed by atoms with E-state index < -0.39 is 0 Å². The van der Waals surface area contributed by atoms with Crippen LogP contribution in [0.2, 0.25) is 0 Å². The van der Waals surface area contributed by atoms with Crippen LogP contribution in [0.5, 0.6) is 0 Å². The first-order valence-corrected chi connectivity index (χ1v) is 2.99. The molecule has 0 fully saturated rings. The van der Waals surface area contributed by atoms with E-state index in [9.17, 15) is 0 Å². The third kappa shape index (κ3) is 1.55. The van der Waals surface area contributed by atoms with Crippen LogP contribution in [0, 0.1) is 12.3 Å². The van der Waals surface area contributed by atoms with Crippen LogP contribution in [0.4, 0.5) is 0 Å². The molecular formula is C6H8N4. The van der Waals surface area contributed by atoms with Gasteiger partial charge < -0.3 is 0 Å². The second-order valence-electron chi connectivity index (χ2n) is 1.90. The van der Waals surface area contributed by atoms with Gasteiger partial charge in [0.05, 0.1) is 7.05 Å². The van der Waals surface area contributed by atoms with E-state index in [0.717, 1.165) is 0 Å². The van der Waals surface area contributed by atoms with Gasteiger partial charge in [-0.1, -0.05) is 0 Å². The smallest absolute Gasteiger partial charge is 0.167 e. The molecule has 0 aromatic carbocycles. The highest BCUT2D eigenvalue weighted by atomic mass is 15.6. The molecule has 0 spiro atoms. The average molecular weight is 136 g/mol. The molecule has 0 aliphatic carbocycles. The van der Waals surface area contributed by atoms with Gasteiger partial charge in [-0.15, -0.1) is 22.5 Å². The highest BCUT2D eigenvalue weighted by Crippen LogP contribution is 1.89. The van der Waals surface area contributed by atoms with Crippen molar-refractivity contribution in [3.8, 4) is 12.3 Å². The fourth-order valence-electron chi connectivity index (χ4n) is 0.607. The predicted octanol–water partition coefficient (Wildman–Crippen LogP) is -0.224. The van der Waals surface area contributed by atoms with Gasteiger partial charge in [-0.2, -0.15) is 4.80 Å². The maximum Gasteiger partial charge on any atom is 0.175 e. The van der Waals surface area contributed by atoms with Crippen molar-refractivity contribution in [3.63, 3.8) is 0 Å². The van der Waals surface area contributed by atoms with Crippen LogP contribution in [0.3, 0.4) is 0 Å². The fourth-order valence-corrected chi connectivity index (χ4v) is 0.607. The Bertz CT molecular complexity index is 244. The third-order valence-corrected chi connectivity index (χ3v) is 1.04. The van der Waals surface area contributed by atoms with Crippen LogP contribution in [-0.2, 0) is 13.5 Å². The third-order valence-electron chi connectivity index (χ3n) is 1.04. The summed E-state index contributed by atoms with van der Waals surface area (Å²) in [6, 6.07) is 0. The molecule has 0 bridgehead atoms. The highest BCUT2D eigenvalue weighted by Gasteiger charge is 1.96. The summed E-state index contributed by atoms with van der Waals surface area (Å²) >= 11 is 0. The number of aromatic nitrogens is 4. The molecule has 1 rings (SSSR count). The normalized spacial score (nSPS) is 9.20. The quantitative estimate of drug-likeness (QED) is 0.528. The van der Waals surface area contributed by atoms with E-state index in [4.69, 9.17) is 6.42 Å². The summed E-state index contributed by atoms with van der Waals surface area (Å²) in [5.41, 5.74) is 0. The number of hydrogen-bond donors (Lipinski definition) is 0. The standard InChI is InChI=1S/C6H8N4/c1-3-4-5-6-7-9-10(2)8-6/h1H,4-5H2,2H3. The van der Waals surface area contributed by atoms with Crippen molar-refractivity contribution in [2.24, 2.45) is 7.05 Å². The molecule has 0 aliphatic heterocycles. The monoisotopic (exact) mass is 136 g/mol. The van der Waals surface area contributed by atoms with Gasteiger partial charge in [-0.05, 0) is 5.21 Å². The molecule has 1 heterocycles. The van der Waals surface area contributed by atoms with Gasteiger partial charge in [0.25, 0.3) is 0 Å². The van der Waals surface area contributed by atoms with Gasteiger partial charge in [-0.25, -0.2) is 0 Å². The van der Waals surface area contributed by atoms with Crippen molar-refractivity contribution in [1.82, 2.24) is 20.2 Å². The Morgan fingerprint density at radius 3 is 3.00 bits per heavy atom. The van der Waals surface area contributed by atoms with Gasteiger partial charge in [-0.3, -0.25) is 0 Å². The Morgan fingerprint density at radius 1 is 1.70 bits per heavy atom. The molecule has 4 nitrogen and oxygen atoms in total. The second kappa shape index (κ2) is 2.97. The number of tetrazole rings is 1. The molecule has 0 amide bonds. The molecule has 0 radical (unpaired) electrons. The molecule has 10 heavy (non-hydrogen) atoms. The summed E-state index contributed by atoms with van der Waals surface area (Å²) < 4.78 is 0. The highest BCUT2D eigenvalue weighted by molar-refractivity contribution is 4.89. The summed E-state index contributed by atoms with van der Waals surface area (Å²) in [5.74, 6) is 3.22. The van der Waals surface area contributed by atoms with Crippen LogP contribution in [0.1, 0.15) is 12.2 Å². The lowest BCUT2D eigenvalue weighted by molar-refractivity contribution is 0.627. The molecule has 4 heteroatoms. The van der Waals surface area contributed by atoms with E-state index in [0.29, 0.717) is 18.7 Å². The molecule has 52 valence electrons. The van der Waals surface area contributed by atoms with Crippen LogP contribution >= 0.6 is 0 Å². The van der Waals surface area contributed by atoms with E-state index in [2.05, 4.69) is 21.3 Å². The summed E-state index contributed by atoms with van der Waals surface area (Å²) in [6.45, 7) is 0. The molecule has 0 unspecified atom stereocenters. The van der Waals surface area contributed by atoms with Crippen molar-refractivity contribution < 1.29 is 0 Å². The minimum absolute atomic E-state index is 0.672. The Labute approximate surface area is 59.2 Å². The van der Waals surface area contributed by atoms with Gasteiger partial charge in [0.1, 0.15) is 0 Å². The van der Waals surface area contributed by atoms with Crippen LogP contribution < -0.4 is 0 Å². The Hall–Kier alpha value is -1.37. The van der Waals surface area contributed by atoms with Crippen molar-refractivity contribution in [3.05, 3.63) is 5.82 Å². The van der Waals surface area contributed by atoms with Crippen molar-refractivity contribution in [1.29, 1.82) is 0 Å². The number of aryl methyl sites for hydroxylation is 2. The minimum atomic E-state index is 0.672. The summed E-state index contributed by atoms with van der Waals surface area (Å²) in [4.78, 5) is 1.42. The van der Waals surface area contributed by atoms with Crippen LogP contribution in [0.15, 0.2) is 0 Å². The lowest BCUT2D eigenvalue weighted by atomic mass is 10.3. The maximum absolute atomic E-state index is 5.05. The second-order valence-corrected chi connectivity index (χ2v) is 1.90. The summed E-state index contributed by atoms with van der Waals surface area (Å²) in [7, 11) is 1.73. The molecule has 0 aliphatic rings. The first kappa shape index (κ1) is 6.75. The van der Waals surface area contributed by atoms with Crippen molar-refractivity contribution in [2.45, 2.75) is 12.8 Å². The molecule has 0 N–H and O–H groups in total. The molecule has 0 saturated carbocycles. The fraction of sp³-hybridized carbons (Fsp3) is 0.500. The van der Waals surface area contributed by atoms with Crippen LogP contribution in [0.25, 0.3) is 0 Å². The van der Waals surface area contributed by atoms with E-state index in [1.807, 2.05) is 0 Å². The maximum atomic E-state index is 5.05. The zero-order chi connectivity index (χ0) is 7.40. The van der Waals surface area contributed by atoms with Crippen LogP contribution in [-0.4, -0.2) is 20.2 Å². The largest absolute Gasteiger partial charge is 0.175 e. The Balaban J connectivity index is 2.52. The Morgan fingerprint density at radius 2 is 2.50 bits per heavy atom. The Kier molecular flexibility index (Phi) is 2.00. The molecule has 0 saturated heterocycles. The molecule has 0 atom stereocenters. The number of nitrogens with zero attached hydrogens (tertiary/aromatic N) is 4. The average Bonchev–Trinajstić information content (AvgIpc) is 2.31. The number of terminal acetylenes is 1. The zero-order valence-electron chi connectivity index (χ0n) is 5.78. The zero-order valence-corrected chi connectivity index (χ0v) is 5.78. The van der Waals surface area contributed by atoms with Crippen molar-refractivity contribution in [2.75, 3.05) is 0 Å². The van der Waals surface area contributed by atoms with Gasteiger partial charge >= 0.3 is 0 Å². The van der Waals surface area contributed by atoms with E-state index in [-0.39, 0.29) is 0 Å². The number of hydrogen-bond acceptors (Lipinski definition) is 3. The first-order chi connectivity index (χ1) is 4.83. The molecule has 1 aromatic rings. The number of rotatable bonds is 2. The lowest BCUT2D eigenvalue weighted by Crippen LogP contribution is -1.93. The topological polar surface area (TPSA) is 43.6 Å².